The van der Waals surface area contributed by atoms with Crippen LogP contribution in [0.5, 0.6) is 0 Å². The maximum absolute atomic E-state index is 4.71. The van der Waals surface area contributed by atoms with Crippen molar-refractivity contribution in [2.24, 2.45) is 0 Å². The lowest BCUT2D eigenvalue weighted by Crippen LogP contribution is -2.12. The normalized spacial score (nSPS) is 13.2. The van der Waals surface area contributed by atoms with Crippen molar-refractivity contribution in [3.05, 3.63) is 78.5 Å². The van der Waals surface area contributed by atoms with Crippen LogP contribution >= 0.6 is 0 Å². The molecular weight excluding hydrogens is 258 g/mol. The predicted molar refractivity (Wildman–Crippen MR) is 85.7 cm³/mol. The van der Waals surface area contributed by atoms with Gasteiger partial charge in [-0.05, 0) is 11.1 Å². The minimum absolute atomic E-state index is 0.791. The highest BCUT2D eigenvalue weighted by atomic mass is 15.3. The third-order valence-electron chi connectivity index (χ3n) is 3.71. The lowest BCUT2D eigenvalue weighted by Gasteiger charge is -2.16. The SMILES string of the molecule is C1=C(c2ccccc2)Cn2nc(-c3ccccc3)cc2N1. The van der Waals surface area contributed by atoms with Crippen LogP contribution in [0.3, 0.4) is 0 Å². The molecule has 0 amide bonds. The first kappa shape index (κ1) is 12.0. The van der Waals surface area contributed by atoms with E-state index in [1.807, 2.05) is 28.9 Å². The van der Waals surface area contributed by atoms with Gasteiger partial charge in [-0.1, -0.05) is 60.7 Å². The van der Waals surface area contributed by atoms with Crippen LogP contribution in [0.4, 0.5) is 5.82 Å². The fourth-order valence-corrected chi connectivity index (χ4v) is 2.60. The zero-order valence-corrected chi connectivity index (χ0v) is 11.5. The zero-order chi connectivity index (χ0) is 14.1. The summed E-state index contributed by atoms with van der Waals surface area (Å²) in [4.78, 5) is 0. The molecule has 1 N–H and O–H groups in total. The topological polar surface area (TPSA) is 29.9 Å². The Labute approximate surface area is 123 Å². The van der Waals surface area contributed by atoms with E-state index in [4.69, 9.17) is 5.10 Å². The third-order valence-corrected chi connectivity index (χ3v) is 3.71. The number of rotatable bonds is 2. The molecule has 0 saturated carbocycles. The summed E-state index contributed by atoms with van der Waals surface area (Å²) in [5.74, 6) is 1.04. The van der Waals surface area contributed by atoms with E-state index in [1.54, 1.807) is 0 Å². The molecule has 3 heteroatoms. The number of benzene rings is 2. The van der Waals surface area contributed by atoms with Crippen molar-refractivity contribution in [1.82, 2.24) is 9.78 Å². The van der Waals surface area contributed by atoms with Crippen molar-refractivity contribution in [3.8, 4) is 11.3 Å². The number of anilines is 1. The van der Waals surface area contributed by atoms with Gasteiger partial charge in [0, 0.05) is 17.8 Å². The van der Waals surface area contributed by atoms with E-state index in [-0.39, 0.29) is 0 Å². The van der Waals surface area contributed by atoms with E-state index in [2.05, 4.69) is 54.0 Å². The smallest absolute Gasteiger partial charge is 0.129 e. The Bertz CT molecular complexity index is 786. The van der Waals surface area contributed by atoms with Crippen molar-refractivity contribution in [3.63, 3.8) is 0 Å². The van der Waals surface area contributed by atoms with Crippen molar-refractivity contribution < 1.29 is 0 Å². The average Bonchev–Trinajstić information content (AvgIpc) is 2.99. The van der Waals surface area contributed by atoms with Gasteiger partial charge < -0.3 is 5.32 Å². The molecule has 1 aliphatic heterocycles. The first-order valence-electron chi connectivity index (χ1n) is 7.04. The van der Waals surface area contributed by atoms with Crippen LogP contribution in [0, 0.1) is 0 Å². The number of hydrogen-bond acceptors (Lipinski definition) is 2. The Morgan fingerprint density at radius 1 is 0.857 bits per heavy atom. The van der Waals surface area contributed by atoms with Crippen LogP contribution in [-0.2, 0) is 6.54 Å². The Hall–Kier alpha value is -2.81. The van der Waals surface area contributed by atoms with Crippen LogP contribution in [0.15, 0.2) is 72.9 Å². The quantitative estimate of drug-likeness (QED) is 0.764. The molecular formula is C18H15N3. The second kappa shape index (κ2) is 4.94. The Morgan fingerprint density at radius 3 is 2.24 bits per heavy atom. The van der Waals surface area contributed by atoms with Crippen LogP contribution in [-0.4, -0.2) is 9.78 Å². The van der Waals surface area contributed by atoms with Crippen molar-refractivity contribution >= 4 is 11.4 Å². The van der Waals surface area contributed by atoms with Gasteiger partial charge in [-0.25, -0.2) is 4.68 Å². The van der Waals surface area contributed by atoms with Gasteiger partial charge in [-0.3, -0.25) is 0 Å². The lowest BCUT2D eigenvalue weighted by atomic mass is 10.1. The van der Waals surface area contributed by atoms with E-state index in [1.165, 1.54) is 11.1 Å². The van der Waals surface area contributed by atoms with Crippen LogP contribution < -0.4 is 5.32 Å². The highest BCUT2D eigenvalue weighted by Crippen LogP contribution is 2.27. The van der Waals surface area contributed by atoms with Crippen molar-refractivity contribution in [2.45, 2.75) is 6.54 Å². The number of nitrogens with zero attached hydrogens (tertiary/aromatic N) is 2. The molecule has 0 saturated heterocycles. The molecule has 0 radical (unpaired) electrons. The average molecular weight is 273 g/mol. The van der Waals surface area contributed by atoms with Crippen LogP contribution in [0.2, 0.25) is 0 Å². The summed E-state index contributed by atoms with van der Waals surface area (Å²) < 4.78 is 2.02. The summed E-state index contributed by atoms with van der Waals surface area (Å²) in [5, 5.41) is 8.05. The van der Waals surface area contributed by atoms with Crippen molar-refractivity contribution in [2.75, 3.05) is 5.32 Å². The minimum Gasteiger partial charge on any atom is -0.346 e. The molecule has 1 aliphatic rings. The molecule has 1 aromatic heterocycles. The largest absolute Gasteiger partial charge is 0.346 e. The fourth-order valence-electron chi connectivity index (χ4n) is 2.60. The van der Waals surface area contributed by atoms with E-state index in [9.17, 15) is 0 Å². The maximum Gasteiger partial charge on any atom is 0.129 e. The fraction of sp³-hybridized carbons (Fsp3) is 0.0556. The number of aromatic nitrogens is 2. The van der Waals surface area contributed by atoms with Gasteiger partial charge in [0.1, 0.15) is 5.82 Å². The molecule has 0 aliphatic carbocycles. The molecule has 2 heterocycles. The second-order valence-corrected chi connectivity index (χ2v) is 5.12. The van der Waals surface area contributed by atoms with Gasteiger partial charge in [0.25, 0.3) is 0 Å². The lowest BCUT2D eigenvalue weighted by molar-refractivity contribution is 0.714. The van der Waals surface area contributed by atoms with E-state index in [0.717, 1.165) is 23.6 Å². The van der Waals surface area contributed by atoms with Gasteiger partial charge in [-0.2, -0.15) is 5.10 Å². The van der Waals surface area contributed by atoms with Crippen LogP contribution in [0.1, 0.15) is 5.56 Å². The number of allylic oxidation sites excluding steroid dienone is 1. The van der Waals surface area contributed by atoms with Gasteiger partial charge in [0.15, 0.2) is 0 Å². The third kappa shape index (κ3) is 2.23. The van der Waals surface area contributed by atoms with Gasteiger partial charge in [-0.15, -0.1) is 0 Å². The molecule has 0 bridgehead atoms. The highest BCUT2D eigenvalue weighted by Gasteiger charge is 2.15. The van der Waals surface area contributed by atoms with E-state index in [0.29, 0.717) is 0 Å². The molecule has 0 spiro atoms. The molecule has 0 fully saturated rings. The Balaban J connectivity index is 1.66. The molecule has 102 valence electrons. The molecule has 21 heavy (non-hydrogen) atoms. The number of hydrogen-bond donors (Lipinski definition) is 1. The monoisotopic (exact) mass is 273 g/mol. The maximum atomic E-state index is 4.71. The summed E-state index contributed by atoms with van der Waals surface area (Å²) in [6, 6.07) is 22.8. The van der Waals surface area contributed by atoms with Crippen molar-refractivity contribution in [1.29, 1.82) is 0 Å². The standard InChI is InChI=1S/C18H15N3/c1-3-7-14(8-4-1)16-12-19-18-11-17(20-21(18)13-16)15-9-5-2-6-10-15/h1-12,19H,13H2. The molecule has 0 atom stereocenters. The van der Waals surface area contributed by atoms with E-state index >= 15 is 0 Å². The zero-order valence-electron chi connectivity index (χ0n) is 11.5. The minimum atomic E-state index is 0.791. The summed E-state index contributed by atoms with van der Waals surface area (Å²) >= 11 is 0. The predicted octanol–water partition coefficient (Wildman–Crippen LogP) is 4.02. The summed E-state index contributed by atoms with van der Waals surface area (Å²) in [6.07, 6.45) is 2.07. The molecule has 2 aromatic carbocycles. The molecule has 4 rings (SSSR count). The summed E-state index contributed by atoms with van der Waals surface area (Å²) in [6.45, 7) is 0.791. The van der Waals surface area contributed by atoms with Gasteiger partial charge >= 0.3 is 0 Å². The summed E-state index contributed by atoms with van der Waals surface area (Å²) in [5.41, 5.74) is 4.61. The number of nitrogens with one attached hydrogen (secondary N) is 1. The number of fused-ring (bicyclic) bond motifs is 1. The Morgan fingerprint density at radius 2 is 1.52 bits per heavy atom. The second-order valence-electron chi connectivity index (χ2n) is 5.12. The summed E-state index contributed by atoms with van der Waals surface area (Å²) in [7, 11) is 0. The van der Waals surface area contributed by atoms with Gasteiger partial charge in [0.05, 0.1) is 12.2 Å². The van der Waals surface area contributed by atoms with E-state index < -0.39 is 0 Å². The molecule has 0 unspecified atom stereocenters. The highest BCUT2D eigenvalue weighted by molar-refractivity contribution is 5.72. The molecule has 3 aromatic rings. The van der Waals surface area contributed by atoms with Gasteiger partial charge in [0.2, 0.25) is 0 Å². The van der Waals surface area contributed by atoms with Crippen LogP contribution in [0.25, 0.3) is 16.8 Å². The Kier molecular flexibility index (Phi) is 2.82. The molecule has 3 nitrogen and oxygen atoms in total. The first-order chi connectivity index (χ1) is 10.4. The first-order valence-corrected chi connectivity index (χ1v) is 7.04.